The zero-order valence-electron chi connectivity index (χ0n) is 26.4. The van der Waals surface area contributed by atoms with Crippen molar-refractivity contribution in [1.82, 2.24) is 20.1 Å². The third-order valence-electron chi connectivity index (χ3n) is 8.62. The summed E-state index contributed by atoms with van der Waals surface area (Å²) in [6.45, 7) is 8.44. The van der Waals surface area contributed by atoms with Crippen LogP contribution in [0.3, 0.4) is 0 Å². The van der Waals surface area contributed by atoms with Crippen molar-refractivity contribution in [3.8, 4) is 5.75 Å². The number of aromatic hydroxyl groups is 1. The van der Waals surface area contributed by atoms with Gasteiger partial charge in [-0.3, -0.25) is 14.5 Å². The number of carbonyl (C=O) groups excluding carboxylic acids is 3. The van der Waals surface area contributed by atoms with Gasteiger partial charge in [0.1, 0.15) is 29.1 Å². The van der Waals surface area contributed by atoms with E-state index >= 15 is 0 Å². The molecule has 13 heteroatoms. The quantitative estimate of drug-likeness (QED) is 0.308. The molecular weight excluding hydrogens is 580 g/mol. The van der Waals surface area contributed by atoms with E-state index in [4.69, 9.17) is 9.72 Å². The minimum absolute atomic E-state index is 0.0137. The Kier molecular flexibility index (Phi) is 9.13. The van der Waals surface area contributed by atoms with Crippen LogP contribution in [0.5, 0.6) is 5.75 Å². The zero-order valence-corrected chi connectivity index (χ0v) is 26.4. The number of hydrogen-bond donors (Lipinski definition) is 5. The number of phenolic OH excluding ortho intramolecular Hbond substituents is 1. The molecular formula is C32H44N6O7. The highest BCUT2D eigenvalue weighted by atomic mass is 16.6. The van der Waals surface area contributed by atoms with Crippen LogP contribution in [0.1, 0.15) is 68.4 Å². The van der Waals surface area contributed by atoms with E-state index < -0.39 is 29.4 Å². The summed E-state index contributed by atoms with van der Waals surface area (Å²) < 4.78 is 5.54. The van der Waals surface area contributed by atoms with Crippen molar-refractivity contribution >= 4 is 29.5 Å². The Bertz CT molecular complexity index is 1430. The van der Waals surface area contributed by atoms with E-state index in [9.17, 15) is 29.7 Å². The predicted octanol–water partition coefficient (Wildman–Crippen LogP) is 2.19. The van der Waals surface area contributed by atoms with E-state index in [1.807, 2.05) is 4.90 Å². The summed E-state index contributed by atoms with van der Waals surface area (Å²) in [6.07, 6.45) is 0.618. The highest BCUT2D eigenvalue weighted by Gasteiger charge is 2.49. The van der Waals surface area contributed by atoms with Gasteiger partial charge >= 0.3 is 6.09 Å². The summed E-state index contributed by atoms with van der Waals surface area (Å²) in [5, 5.41) is 39.3. The molecule has 5 rings (SSSR count). The summed E-state index contributed by atoms with van der Waals surface area (Å²) in [4.78, 5) is 48.2. The van der Waals surface area contributed by atoms with E-state index in [0.29, 0.717) is 54.5 Å². The van der Waals surface area contributed by atoms with Gasteiger partial charge in [0.15, 0.2) is 5.72 Å². The fourth-order valence-corrected chi connectivity index (χ4v) is 5.80. The second-order valence-corrected chi connectivity index (χ2v) is 13.2. The molecule has 13 nitrogen and oxygen atoms in total. The molecule has 2 atom stereocenters. The number of carbonyl (C=O) groups is 3. The summed E-state index contributed by atoms with van der Waals surface area (Å²) >= 11 is 0. The first-order valence-electron chi connectivity index (χ1n) is 15.5. The third kappa shape index (κ3) is 7.42. The smallest absolute Gasteiger partial charge is 0.412 e. The number of amides is 3. The number of aliphatic hydroxyl groups is 2. The van der Waals surface area contributed by atoms with Crippen LogP contribution in [0.2, 0.25) is 0 Å². The maximum atomic E-state index is 13.5. The lowest BCUT2D eigenvalue weighted by molar-refractivity contribution is -0.177. The number of nitrogens with one attached hydrogen (secondary N) is 2. The van der Waals surface area contributed by atoms with E-state index in [1.165, 1.54) is 12.1 Å². The fraction of sp³-hybridized carbons (Fsp3) is 0.562. The minimum Gasteiger partial charge on any atom is -0.508 e. The number of anilines is 2. The van der Waals surface area contributed by atoms with Crippen LogP contribution in [0.25, 0.3) is 0 Å². The van der Waals surface area contributed by atoms with Crippen LogP contribution in [-0.2, 0) is 22.5 Å². The van der Waals surface area contributed by atoms with Crippen molar-refractivity contribution in [3.63, 3.8) is 0 Å². The standard InChI is InChI=1S/C32H44N6O7/c1-20(39)36-10-12-37(13-11-36)28-16-22(15-27(35-28)34-24-6-5-7-24)29(42)33-18-26(41)32(44)17-21-8-9-25(40)14-23(21)19-38(32)30(43)45-31(2,3)4/h8-9,14-16,24,26,40-41,44H,5-7,10-13,17-19H2,1-4H3,(H,33,42)(H,34,35)/t26-,32+/m1/s1. The van der Waals surface area contributed by atoms with Gasteiger partial charge in [-0.2, -0.15) is 0 Å². The first kappa shape index (κ1) is 32.3. The number of aliphatic hydroxyl groups excluding tert-OH is 1. The van der Waals surface area contributed by atoms with Gasteiger partial charge in [-0.05, 0) is 75.4 Å². The predicted molar refractivity (Wildman–Crippen MR) is 167 cm³/mol. The topological polar surface area (TPSA) is 168 Å². The SMILES string of the molecule is CC(=O)N1CCN(c2cc(C(=O)NC[C@@H](O)[C@@]3(O)Cc4ccc(O)cc4CN3C(=O)OC(C)(C)C)cc(NC3CCC3)n2)CC1. The van der Waals surface area contributed by atoms with Crippen molar-refractivity contribution in [2.24, 2.45) is 0 Å². The van der Waals surface area contributed by atoms with Crippen LogP contribution >= 0.6 is 0 Å². The van der Waals surface area contributed by atoms with Crippen LogP contribution in [-0.4, -0.2) is 104 Å². The lowest BCUT2D eigenvalue weighted by atomic mass is 9.87. The molecule has 0 bridgehead atoms. The Morgan fingerprint density at radius 3 is 2.42 bits per heavy atom. The average molecular weight is 625 g/mol. The van der Waals surface area contributed by atoms with Gasteiger partial charge in [-0.25, -0.2) is 9.78 Å². The summed E-state index contributed by atoms with van der Waals surface area (Å²) in [6, 6.07) is 8.26. The molecule has 2 aromatic rings. The van der Waals surface area contributed by atoms with Crippen LogP contribution < -0.4 is 15.5 Å². The Hall–Kier alpha value is -4.10. The molecule has 3 aliphatic rings. The van der Waals surface area contributed by atoms with Gasteiger partial charge in [0.05, 0.1) is 6.54 Å². The molecule has 1 saturated heterocycles. The van der Waals surface area contributed by atoms with E-state index in [0.717, 1.165) is 24.2 Å². The fourth-order valence-electron chi connectivity index (χ4n) is 5.80. The largest absolute Gasteiger partial charge is 0.508 e. The third-order valence-corrected chi connectivity index (χ3v) is 8.62. The Balaban J connectivity index is 1.34. The Morgan fingerprint density at radius 1 is 1.09 bits per heavy atom. The highest BCUT2D eigenvalue weighted by molar-refractivity contribution is 5.95. The number of nitrogens with zero attached hydrogens (tertiary/aromatic N) is 4. The molecule has 0 spiro atoms. The minimum atomic E-state index is -2.10. The van der Waals surface area contributed by atoms with Gasteiger partial charge in [0.25, 0.3) is 5.91 Å². The molecule has 3 amide bonds. The summed E-state index contributed by atoms with van der Waals surface area (Å²) in [7, 11) is 0. The molecule has 2 aliphatic heterocycles. The number of hydrogen-bond acceptors (Lipinski definition) is 10. The summed E-state index contributed by atoms with van der Waals surface area (Å²) in [5.74, 6) is 0.729. The van der Waals surface area contributed by atoms with Crippen molar-refractivity contribution in [3.05, 3.63) is 47.0 Å². The Morgan fingerprint density at radius 2 is 1.80 bits per heavy atom. The number of piperazine rings is 1. The number of phenols is 1. The molecule has 5 N–H and O–H groups in total. The van der Waals surface area contributed by atoms with Gasteiger partial charge in [0, 0.05) is 57.7 Å². The molecule has 45 heavy (non-hydrogen) atoms. The molecule has 1 saturated carbocycles. The summed E-state index contributed by atoms with van der Waals surface area (Å²) in [5.41, 5.74) is -1.38. The molecule has 3 heterocycles. The first-order chi connectivity index (χ1) is 21.2. The number of pyridine rings is 1. The maximum absolute atomic E-state index is 13.5. The number of aromatic nitrogens is 1. The van der Waals surface area contributed by atoms with Crippen molar-refractivity contribution in [1.29, 1.82) is 0 Å². The van der Waals surface area contributed by atoms with E-state index in [2.05, 4.69) is 10.6 Å². The maximum Gasteiger partial charge on any atom is 0.412 e. The number of benzene rings is 1. The van der Waals surface area contributed by atoms with E-state index in [1.54, 1.807) is 50.8 Å². The lowest BCUT2D eigenvalue weighted by Crippen LogP contribution is -2.64. The number of fused-ring (bicyclic) bond motifs is 1. The van der Waals surface area contributed by atoms with Crippen molar-refractivity contribution < 1.29 is 34.4 Å². The highest BCUT2D eigenvalue weighted by Crippen LogP contribution is 2.35. The molecule has 2 fully saturated rings. The molecule has 0 radical (unpaired) electrons. The molecule has 244 valence electrons. The second-order valence-electron chi connectivity index (χ2n) is 13.2. The average Bonchev–Trinajstić information content (AvgIpc) is 2.96. The van der Waals surface area contributed by atoms with Gasteiger partial charge < -0.3 is 40.5 Å². The second kappa shape index (κ2) is 12.7. The lowest BCUT2D eigenvalue weighted by Gasteiger charge is -2.46. The van der Waals surface area contributed by atoms with Crippen LogP contribution in [0.15, 0.2) is 30.3 Å². The van der Waals surface area contributed by atoms with Crippen molar-refractivity contribution in [2.45, 2.75) is 83.4 Å². The van der Waals surface area contributed by atoms with Crippen LogP contribution in [0.4, 0.5) is 16.4 Å². The van der Waals surface area contributed by atoms with Crippen molar-refractivity contribution in [2.75, 3.05) is 42.9 Å². The Labute approximate surface area is 263 Å². The molecule has 1 aromatic carbocycles. The molecule has 1 aromatic heterocycles. The first-order valence-corrected chi connectivity index (χ1v) is 15.5. The molecule has 1 aliphatic carbocycles. The number of rotatable bonds is 7. The molecule has 0 unspecified atom stereocenters. The van der Waals surface area contributed by atoms with Gasteiger partial charge in [-0.15, -0.1) is 0 Å². The zero-order chi connectivity index (χ0) is 32.5. The van der Waals surface area contributed by atoms with Crippen LogP contribution in [0, 0.1) is 0 Å². The van der Waals surface area contributed by atoms with E-state index in [-0.39, 0.29) is 37.2 Å². The van der Waals surface area contributed by atoms with Gasteiger partial charge in [-0.1, -0.05) is 6.07 Å². The number of ether oxygens (including phenoxy) is 1. The normalized spacial score (nSPS) is 21.0. The monoisotopic (exact) mass is 624 g/mol. The van der Waals surface area contributed by atoms with Gasteiger partial charge in [0.2, 0.25) is 5.91 Å².